The van der Waals surface area contributed by atoms with Crippen LogP contribution in [-0.4, -0.2) is 49.2 Å². The quantitative estimate of drug-likeness (QED) is 0.508. The number of rotatable bonds is 4. The maximum Gasteiger partial charge on any atom is 0.181 e. The van der Waals surface area contributed by atoms with Gasteiger partial charge in [0.05, 0.1) is 12.3 Å². The monoisotopic (exact) mass is 433 g/mol. The van der Waals surface area contributed by atoms with Gasteiger partial charge in [-0.1, -0.05) is 54.6 Å². The smallest absolute Gasteiger partial charge is 0.181 e. The number of aliphatic hydroxyl groups excluding tert-OH is 2. The molecule has 164 valence electrons. The lowest BCUT2D eigenvalue weighted by molar-refractivity contribution is -0.0563. The highest BCUT2D eigenvalue weighted by Gasteiger charge is 2.55. The molecule has 2 N–H and O–H groups in total. The van der Waals surface area contributed by atoms with Crippen molar-refractivity contribution in [3.05, 3.63) is 72.8 Å². The van der Waals surface area contributed by atoms with E-state index in [0.717, 1.165) is 33.3 Å². The maximum atomic E-state index is 15.5. The lowest BCUT2D eigenvalue weighted by Crippen LogP contribution is -2.40. The Bertz CT molecular complexity index is 1250. The Morgan fingerprint density at radius 3 is 2.34 bits per heavy atom. The van der Waals surface area contributed by atoms with E-state index in [4.69, 9.17) is 4.74 Å². The predicted molar refractivity (Wildman–Crippen MR) is 120 cm³/mol. The van der Waals surface area contributed by atoms with Crippen molar-refractivity contribution < 1.29 is 19.3 Å². The van der Waals surface area contributed by atoms with Crippen LogP contribution in [0.4, 0.5) is 4.39 Å². The van der Waals surface area contributed by atoms with Crippen molar-refractivity contribution in [1.82, 2.24) is 14.5 Å². The van der Waals surface area contributed by atoms with E-state index >= 15 is 4.39 Å². The lowest BCUT2D eigenvalue weighted by Gasteiger charge is -2.25. The number of nitrogens with zero attached hydrogens (tertiary/aromatic N) is 3. The molecule has 1 saturated heterocycles. The maximum absolute atomic E-state index is 15.5. The number of aryl methyl sites for hydroxylation is 1. The lowest BCUT2D eigenvalue weighted by atomic mass is 9.98. The fourth-order valence-corrected chi connectivity index (χ4v) is 4.47. The summed E-state index contributed by atoms with van der Waals surface area (Å²) in [6.45, 7) is 2.69. The second kappa shape index (κ2) is 7.78. The minimum Gasteiger partial charge on any atom is -0.394 e. The van der Waals surface area contributed by atoms with Crippen molar-refractivity contribution >= 4 is 11.0 Å². The summed E-state index contributed by atoms with van der Waals surface area (Å²) >= 11 is 0. The summed E-state index contributed by atoms with van der Waals surface area (Å²) in [6, 6.07) is 18.2. The van der Waals surface area contributed by atoms with Gasteiger partial charge in [0.1, 0.15) is 24.2 Å². The largest absolute Gasteiger partial charge is 0.394 e. The number of hydrogen-bond acceptors (Lipinski definition) is 5. The van der Waals surface area contributed by atoms with Crippen LogP contribution in [0.25, 0.3) is 33.3 Å². The molecule has 0 aliphatic carbocycles. The first kappa shape index (κ1) is 20.8. The molecule has 0 bridgehead atoms. The van der Waals surface area contributed by atoms with Crippen LogP contribution in [0.3, 0.4) is 0 Å². The van der Waals surface area contributed by atoms with E-state index in [-0.39, 0.29) is 0 Å². The highest BCUT2D eigenvalue weighted by molar-refractivity contribution is 5.96. The zero-order valence-electron chi connectivity index (χ0n) is 17.8. The number of halogens is 1. The molecule has 0 spiro atoms. The molecule has 1 fully saturated rings. The van der Waals surface area contributed by atoms with E-state index in [9.17, 15) is 10.2 Å². The molecule has 1 aliphatic heterocycles. The van der Waals surface area contributed by atoms with E-state index in [2.05, 4.69) is 22.1 Å². The molecule has 4 aromatic rings. The van der Waals surface area contributed by atoms with Crippen molar-refractivity contribution in [3.8, 4) is 22.3 Å². The van der Waals surface area contributed by atoms with E-state index in [1.54, 1.807) is 10.8 Å². The summed E-state index contributed by atoms with van der Waals surface area (Å²) in [4.78, 5) is 8.73. The molecule has 5 rings (SSSR count). The van der Waals surface area contributed by atoms with E-state index in [1.807, 2.05) is 49.4 Å². The summed E-state index contributed by atoms with van der Waals surface area (Å²) in [5.74, 6) is 0. The highest BCUT2D eigenvalue weighted by Crippen LogP contribution is 2.44. The standard InChI is InChI=1S/C25H24FN3O3/c1-15-21-19(18-10-8-17(9-11-18)16-6-4-3-5-7-16)12-29(23(21)28-14-27-15)24-25(2,26)22(31)20(13-30)32-24/h3-12,14,20,22,24,30-31H,13H2,1-2H3/t20-,22-,24-,25-/m1/s1. The Morgan fingerprint density at radius 2 is 1.69 bits per heavy atom. The molecule has 0 radical (unpaired) electrons. The topological polar surface area (TPSA) is 80.4 Å². The van der Waals surface area contributed by atoms with Gasteiger partial charge in [0.2, 0.25) is 0 Å². The third-order valence-corrected chi connectivity index (χ3v) is 6.25. The first-order chi connectivity index (χ1) is 15.4. The van der Waals surface area contributed by atoms with Crippen LogP contribution in [0, 0.1) is 6.92 Å². The number of alkyl halides is 1. The van der Waals surface area contributed by atoms with Gasteiger partial charge in [0, 0.05) is 17.1 Å². The van der Waals surface area contributed by atoms with Crippen LogP contribution in [0.15, 0.2) is 67.1 Å². The number of hydrogen-bond donors (Lipinski definition) is 2. The van der Waals surface area contributed by atoms with Gasteiger partial charge >= 0.3 is 0 Å². The van der Waals surface area contributed by atoms with Gasteiger partial charge in [-0.2, -0.15) is 0 Å². The zero-order chi connectivity index (χ0) is 22.5. The molecule has 0 amide bonds. The second-order valence-electron chi connectivity index (χ2n) is 8.36. The van der Waals surface area contributed by atoms with Gasteiger partial charge in [-0.05, 0) is 30.5 Å². The van der Waals surface area contributed by atoms with Gasteiger partial charge < -0.3 is 19.5 Å². The third kappa shape index (κ3) is 3.21. The second-order valence-corrected chi connectivity index (χ2v) is 8.36. The van der Waals surface area contributed by atoms with Crippen LogP contribution in [0.1, 0.15) is 18.8 Å². The van der Waals surface area contributed by atoms with Gasteiger partial charge in [0.15, 0.2) is 11.9 Å². The molecule has 4 atom stereocenters. The van der Waals surface area contributed by atoms with Crippen molar-refractivity contribution in [2.45, 2.75) is 38.0 Å². The van der Waals surface area contributed by atoms with Crippen LogP contribution < -0.4 is 0 Å². The highest BCUT2D eigenvalue weighted by atomic mass is 19.1. The van der Waals surface area contributed by atoms with Crippen LogP contribution in [0.2, 0.25) is 0 Å². The van der Waals surface area contributed by atoms with Gasteiger partial charge in [-0.25, -0.2) is 14.4 Å². The molecule has 7 heteroatoms. The minimum absolute atomic E-state index is 0.474. The van der Waals surface area contributed by atoms with Crippen LogP contribution >= 0.6 is 0 Å². The molecule has 32 heavy (non-hydrogen) atoms. The number of ether oxygens (including phenoxy) is 1. The third-order valence-electron chi connectivity index (χ3n) is 6.25. The Labute approximate surface area is 185 Å². The van der Waals surface area contributed by atoms with Crippen LogP contribution in [0.5, 0.6) is 0 Å². The Balaban J connectivity index is 1.63. The SMILES string of the molecule is Cc1ncnc2c1c(-c1ccc(-c3ccccc3)cc1)cn2[C@@H]1O[C@H](CO)[C@@H](O)[C@@]1(C)F. The zero-order valence-corrected chi connectivity index (χ0v) is 17.8. The number of fused-ring (bicyclic) bond motifs is 1. The average Bonchev–Trinajstić information content (AvgIpc) is 3.30. The van der Waals surface area contributed by atoms with Crippen molar-refractivity contribution in [1.29, 1.82) is 0 Å². The normalized spacial score (nSPS) is 25.5. The summed E-state index contributed by atoms with van der Waals surface area (Å²) in [7, 11) is 0. The van der Waals surface area contributed by atoms with Gasteiger partial charge in [-0.15, -0.1) is 0 Å². The summed E-state index contributed by atoms with van der Waals surface area (Å²) in [5, 5.41) is 20.6. The van der Waals surface area contributed by atoms with E-state index < -0.39 is 30.7 Å². The summed E-state index contributed by atoms with van der Waals surface area (Å²) in [6.07, 6.45) is -0.376. The van der Waals surface area contributed by atoms with Crippen molar-refractivity contribution in [2.24, 2.45) is 0 Å². The molecular weight excluding hydrogens is 409 g/mol. The molecule has 2 aromatic heterocycles. The first-order valence-corrected chi connectivity index (χ1v) is 10.5. The Kier molecular flexibility index (Phi) is 5.04. The molecule has 2 aromatic carbocycles. The van der Waals surface area contributed by atoms with Gasteiger partial charge in [0.25, 0.3) is 0 Å². The number of aliphatic hydroxyl groups is 2. The Hall–Kier alpha value is -3.13. The molecular formula is C25H24FN3O3. The van der Waals surface area contributed by atoms with Crippen molar-refractivity contribution in [2.75, 3.05) is 6.61 Å². The fraction of sp³-hybridized carbons (Fsp3) is 0.280. The van der Waals surface area contributed by atoms with E-state index in [0.29, 0.717) is 5.65 Å². The minimum atomic E-state index is -2.10. The fourth-order valence-electron chi connectivity index (χ4n) is 4.47. The molecule has 0 saturated carbocycles. The summed E-state index contributed by atoms with van der Waals surface area (Å²) < 4.78 is 22.8. The number of aromatic nitrogens is 3. The Morgan fingerprint density at radius 1 is 1.03 bits per heavy atom. The van der Waals surface area contributed by atoms with Crippen molar-refractivity contribution in [3.63, 3.8) is 0 Å². The molecule has 1 aliphatic rings. The number of benzene rings is 2. The first-order valence-electron chi connectivity index (χ1n) is 10.5. The van der Waals surface area contributed by atoms with Gasteiger partial charge in [-0.3, -0.25) is 0 Å². The predicted octanol–water partition coefficient (Wildman–Crippen LogP) is 4.05. The molecule has 3 heterocycles. The average molecular weight is 433 g/mol. The molecule has 0 unspecified atom stereocenters. The summed E-state index contributed by atoms with van der Waals surface area (Å²) in [5.41, 5.74) is 3.16. The van der Waals surface area contributed by atoms with E-state index in [1.165, 1.54) is 13.3 Å². The van der Waals surface area contributed by atoms with Crippen LogP contribution in [-0.2, 0) is 4.74 Å². The molecule has 6 nitrogen and oxygen atoms in total.